The summed E-state index contributed by atoms with van der Waals surface area (Å²) in [5.41, 5.74) is 0.793. The number of methoxy groups -OCH3 is 1. The van der Waals surface area contributed by atoms with Crippen LogP contribution in [0.3, 0.4) is 0 Å². The molecule has 0 aliphatic heterocycles. The molecule has 0 bridgehead atoms. The van der Waals surface area contributed by atoms with E-state index in [1.807, 2.05) is 32.0 Å². The summed E-state index contributed by atoms with van der Waals surface area (Å²) in [4.78, 5) is 47.3. The summed E-state index contributed by atoms with van der Waals surface area (Å²) in [6.45, 7) is 3.77. The Hall–Kier alpha value is -3.10. The van der Waals surface area contributed by atoms with Crippen LogP contribution in [0.4, 0.5) is 4.79 Å². The van der Waals surface area contributed by atoms with Crippen LogP contribution in [0.5, 0.6) is 0 Å². The fourth-order valence-corrected chi connectivity index (χ4v) is 2.50. The lowest BCUT2D eigenvalue weighted by Crippen LogP contribution is -2.52. The van der Waals surface area contributed by atoms with Crippen molar-refractivity contribution in [2.45, 2.75) is 51.8 Å². The molecule has 9 nitrogen and oxygen atoms in total. The van der Waals surface area contributed by atoms with Crippen molar-refractivity contribution in [1.82, 2.24) is 10.6 Å². The van der Waals surface area contributed by atoms with Gasteiger partial charge >= 0.3 is 18.0 Å². The Kier molecular flexibility index (Phi) is 10.2. The van der Waals surface area contributed by atoms with Gasteiger partial charge in [0.2, 0.25) is 5.91 Å². The third kappa shape index (κ3) is 9.59. The van der Waals surface area contributed by atoms with Gasteiger partial charge in [-0.25, -0.2) is 9.59 Å². The molecule has 0 saturated carbocycles. The van der Waals surface area contributed by atoms with Gasteiger partial charge in [-0.05, 0) is 24.3 Å². The van der Waals surface area contributed by atoms with Gasteiger partial charge in [-0.3, -0.25) is 9.59 Å². The fraction of sp³-hybridized carbons (Fsp3) is 0.500. The first-order valence-electron chi connectivity index (χ1n) is 9.30. The van der Waals surface area contributed by atoms with Crippen LogP contribution in [0.15, 0.2) is 30.3 Å². The minimum atomic E-state index is -1.28. The lowest BCUT2D eigenvalue weighted by Gasteiger charge is -2.22. The maximum absolute atomic E-state index is 12.6. The molecule has 2 atom stereocenters. The predicted molar refractivity (Wildman–Crippen MR) is 104 cm³/mol. The molecule has 160 valence electrons. The molecule has 0 aliphatic carbocycles. The van der Waals surface area contributed by atoms with Crippen molar-refractivity contribution in [3.8, 4) is 0 Å². The summed E-state index contributed by atoms with van der Waals surface area (Å²) < 4.78 is 9.61. The minimum Gasteiger partial charge on any atom is -0.480 e. The molecule has 0 heterocycles. The Morgan fingerprint density at radius 2 is 1.69 bits per heavy atom. The molecular formula is C20H28N2O7. The summed E-state index contributed by atoms with van der Waals surface area (Å²) in [6, 6.07) is 6.80. The van der Waals surface area contributed by atoms with Crippen molar-refractivity contribution in [3.63, 3.8) is 0 Å². The topological polar surface area (TPSA) is 131 Å². The number of hydrogen-bond acceptors (Lipinski definition) is 6. The van der Waals surface area contributed by atoms with Gasteiger partial charge in [-0.15, -0.1) is 0 Å². The van der Waals surface area contributed by atoms with E-state index in [-0.39, 0.29) is 31.8 Å². The second-order valence-electron chi connectivity index (χ2n) is 6.90. The molecule has 1 aromatic rings. The Balaban J connectivity index is 2.68. The summed E-state index contributed by atoms with van der Waals surface area (Å²) in [5.74, 6) is -2.46. The number of hydrogen-bond donors (Lipinski definition) is 3. The second-order valence-corrected chi connectivity index (χ2v) is 6.90. The van der Waals surface area contributed by atoms with E-state index in [1.54, 1.807) is 12.1 Å². The quantitative estimate of drug-likeness (QED) is 0.476. The number of nitrogens with one attached hydrogen (secondary N) is 2. The number of amides is 2. The smallest absolute Gasteiger partial charge is 0.408 e. The van der Waals surface area contributed by atoms with Gasteiger partial charge in [-0.1, -0.05) is 44.2 Å². The average molecular weight is 408 g/mol. The fourth-order valence-electron chi connectivity index (χ4n) is 2.50. The summed E-state index contributed by atoms with van der Waals surface area (Å²) in [5, 5.41) is 14.1. The van der Waals surface area contributed by atoms with E-state index in [0.717, 1.165) is 5.56 Å². The average Bonchev–Trinajstić information content (AvgIpc) is 2.68. The highest BCUT2D eigenvalue weighted by molar-refractivity contribution is 5.89. The van der Waals surface area contributed by atoms with Gasteiger partial charge in [-0.2, -0.15) is 0 Å². The Morgan fingerprint density at radius 1 is 1.03 bits per heavy atom. The third-order valence-electron chi connectivity index (χ3n) is 4.01. The first kappa shape index (κ1) is 23.9. The maximum atomic E-state index is 12.6. The number of alkyl carbamates (subject to hydrolysis) is 1. The van der Waals surface area contributed by atoms with Crippen molar-refractivity contribution in [1.29, 1.82) is 0 Å². The molecule has 3 N–H and O–H groups in total. The molecule has 29 heavy (non-hydrogen) atoms. The van der Waals surface area contributed by atoms with Crippen LogP contribution in [-0.4, -0.2) is 48.2 Å². The Morgan fingerprint density at radius 3 is 2.24 bits per heavy atom. The summed E-state index contributed by atoms with van der Waals surface area (Å²) >= 11 is 0. The predicted octanol–water partition coefficient (Wildman–Crippen LogP) is 1.85. The van der Waals surface area contributed by atoms with Crippen LogP contribution in [0.25, 0.3) is 0 Å². The van der Waals surface area contributed by atoms with E-state index in [1.165, 1.54) is 7.11 Å². The number of carboxylic acid groups (broad SMARTS) is 1. The number of carbonyl (C=O) groups is 4. The van der Waals surface area contributed by atoms with E-state index in [0.29, 0.717) is 0 Å². The number of benzene rings is 1. The molecule has 0 saturated heterocycles. The monoisotopic (exact) mass is 408 g/mol. The lowest BCUT2D eigenvalue weighted by atomic mass is 10.0. The van der Waals surface area contributed by atoms with Crippen LogP contribution in [0, 0.1) is 5.92 Å². The van der Waals surface area contributed by atoms with Crippen molar-refractivity contribution >= 4 is 23.9 Å². The largest absolute Gasteiger partial charge is 0.480 e. The number of rotatable bonds is 11. The normalized spacial score (nSPS) is 12.6. The molecule has 0 aromatic heterocycles. The number of ether oxygens (including phenoxy) is 2. The Labute approximate surface area is 169 Å². The number of aliphatic carboxylic acids is 1. The van der Waals surface area contributed by atoms with Gasteiger partial charge in [0.25, 0.3) is 0 Å². The van der Waals surface area contributed by atoms with Crippen LogP contribution >= 0.6 is 0 Å². The highest BCUT2D eigenvalue weighted by Crippen LogP contribution is 2.08. The van der Waals surface area contributed by atoms with Gasteiger partial charge in [0.15, 0.2) is 0 Å². The number of carboxylic acids is 1. The number of esters is 1. The molecule has 9 heteroatoms. The molecule has 2 amide bonds. The highest BCUT2D eigenvalue weighted by atomic mass is 16.5. The van der Waals surface area contributed by atoms with Gasteiger partial charge < -0.3 is 25.2 Å². The van der Waals surface area contributed by atoms with Crippen LogP contribution in [0.2, 0.25) is 0 Å². The van der Waals surface area contributed by atoms with Crippen molar-refractivity contribution in [2.75, 3.05) is 7.11 Å². The second kappa shape index (κ2) is 12.4. The van der Waals surface area contributed by atoms with E-state index in [9.17, 15) is 24.3 Å². The van der Waals surface area contributed by atoms with E-state index >= 15 is 0 Å². The third-order valence-corrected chi connectivity index (χ3v) is 4.01. The molecule has 1 rings (SSSR count). The minimum absolute atomic E-state index is 0.0412. The van der Waals surface area contributed by atoms with Crippen molar-refractivity contribution < 1.29 is 33.8 Å². The van der Waals surface area contributed by atoms with Crippen LogP contribution in [-0.2, 0) is 30.5 Å². The zero-order valence-electron chi connectivity index (χ0n) is 16.8. The van der Waals surface area contributed by atoms with E-state index in [4.69, 9.17) is 4.74 Å². The van der Waals surface area contributed by atoms with Crippen LogP contribution < -0.4 is 10.6 Å². The maximum Gasteiger partial charge on any atom is 0.408 e. The lowest BCUT2D eigenvalue weighted by molar-refractivity contribution is -0.144. The molecule has 0 aliphatic rings. The van der Waals surface area contributed by atoms with Gasteiger partial charge in [0.05, 0.1) is 7.11 Å². The molecule has 0 fully saturated rings. The molecular weight excluding hydrogens is 380 g/mol. The van der Waals surface area contributed by atoms with Crippen LogP contribution in [0.1, 0.15) is 38.7 Å². The van der Waals surface area contributed by atoms with E-state index in [2.05, 4.69) is 15.4 Å². The first-order chi connectivity index (χ1) is 13.7. The highest BCUT2D eigenvalue weighted by Gasteiger charge is 2.28. The van der Waals surface area contributed by atoms with Crippen molar-refractivity contribution in [2.24, 2.45) is 5.92 Å². The molecule has 0 unspecified atom stereocenters. The zero-order chi connectivity index (χ0) is 21.8. The summed E-state index contributed by atoms with van der Waals surface area (Å²) in [7, 11) is 1.19. The standard InChI is InChI=1S/C20H28N2O7/c1-13(2)11-16(22-20(27)29-12-14-7-5-4-6-8-14)18(24)21-15(19(25)26)9-10-17(23)28-3/h4-8,13,15-16H,9-12H2,1-3H3,(H,21,24)(H,22,27)(H,25,26)/t15-,16+/m1/s1. The van der Waals surface area contributed by atoms with E-state index < -0.39 is 36.0 Å². The first-order valence-corrected chi connectivity index (χ1v) is 9.30. The molecule has 1 aromatic carbocycles. The van der Waals surface area contributed by atoms with Gasteiger partial charge in [0.1, 0.15) is 18.7 Å². The zero-order valence-corrected chi connectivity index (χ0v) is 16.8. The molecule has 0 radical (unpaired) electrons. The molecule has 0 spiro atoms. The Bertz CT molecular complexity index is 691. The number of carbonyl (C=O) groups excluding carboxylic acids is 3. The SMILES string of the molecule is COC(=O)CC[C@@H](NC(=O)[C@H](CC(C)C)NC(=O)OCc1ccccc1)C(=O)O. The van der Waals surface area contributed by atoms with Gasteiger partial charge in [0, 0.05) is 6.42 Å². The summed E-state index contributed by atoms with van der Waals surface area (Å²) in [6.07, 6.45) is -0.776. The van der Waals surface area contributed by atoms with Crippen molar-refractivity contribution in [3.05, 3.63) is 35.9 Å².